The van der Waals surface area contributed by atoms with Gasteiger partial charge in [-0.1, -0.05) is 19.3 Å². The van der Waals surface area contributed by atoms with Gasteiger partial charge in [0.2, 0.25) is 11.8 Å². The number of nitrogens with one attached hydrogen (secondary N) is 1. The summed E-state index contributed by atoms with van der Waals surface area (Å²) in [6.45, 7) is 5.82. The van der Waals surface area contributed by atoms with Crippen LogP contribution < -0.4 is 10.2 Å². The molecule has 1 aromatic carbocycles. The normalized spacial score (nSPS) is 24.3. The van der Waals surface area contributed by atoms with Crippen molar-refractivity contribution < 1.29 is 19.2 Å². The van der Waals surface area contributed by atoms with Crippen molar-refractivity contribution in [2.24, 2.45) is 0 Å². The first-order valence-corrected chi connectivity index (χ1v) is 13.0. The molecule has 5 rings (SSSR count). The first-order valence-electron chi connectivity index (χ1n) is 13.0. The maximum Gasteiger partial charge on any atom is 0.262 e. The van der Waals surface area contributed by atoms with E-state index in [0.29, 0.717) is 11.1 Å². The van der Waals surface area contributed by atoms with E-state index < -0.39 is 23.8 Å². The highest BCUT2D eigenvalue weighted by Crippen LogP contribution is 2.31. The maximum atomic E-state index is 13.1. The van der Waals surface area contributed by atoms with E-state index in [-0.39, 0.29) is 18.7 Å². The van der Waals surface area contributed by atoms with Crippen LogP contribution in [0, 0.1) is 0 Å². The highest BCUT2D eigenvalue weighted by atomic mass is 16.2. The van der Waals surface area contributed by atoms with Crippen molar-refractivity contribution in [3.05, 3.63) is 29.3 Å². The summed E-state index contributed by atoms with van der Waals surface area (Å²) in [7, 11) is 2.26. The van der Waals surface area contributed by atoms with Gasteiger partial charge in [-0.3, -0.25) is 34.3 Å². The Bertz CT molecular complexity index is 1010. The number of nitrogens with zero attached hydrogens (tertiary/aromatic N) is 4. The van der Waals surface area contributed by atoms with Crippen molar-refractivity contribution in [3.8, 4) is 0 Å². The number of piperidine rings is 1. The van der Waals surface area contributed by atoms with Crippen molar-refractivity contribution in [1.82, 2.24) is 20.0 Å². The lowest BCUT2D eigenvalue weighted by Crippen LogP contribution is -2.54. The van der Waals surface area contributed by atoms with Gasteiger partial charge in [0.25, 0.3) is 11.8 Å². The molecule has 3 heterocycles. The minimum atomic E-state index is -0.932. The van der Waals surface area contributed by atoms with Crippen molar-refractivity contribution in [2.75, 3.05) is 51.2 Å². The van der Waals surface area contributed by atoms with Gasteiger partial charge < -0.3 is 9.80 Å². The maximum absolute atomic E-state index is 13.1. The molecule has 3 aliphatic heterocycles. The number of hydrogen-bond acceptors (Lipinski definition) is 7. The van der Waals surface area contributed by atoms with Gasteiger partial charge in [-0.2, -0.15) is 0 Å². The van der Waals surface area contributed by atoms with Crippen LogP contribution in [0.3, 0.4) is 0 Å². The predicted octanol–water partition coefficient (Wildman–Crippen LogP) is 1.47. The molecule has 9 heteroatoms. The molecule has 3 fully saturated rings. The molecular weight excluding hydrogens is 446 g/mol. The number of imide groups is 2. The molecule has 1 saturated carbocycles. The number of amides is 4. The molecule has 1 N–H and O–H groups in total. The summed E-state index contributed by atoms with van der Waals surface area (Å²) >= 11 is 0. The molecule has 0 spiro atoms. The minimum Gasteiger partial charge on any atom is -0.369 e. The molecule has 0 aromatic heterocycles. The quantitative estimate of drug-likeness (QED) is 0.615. The third-order valence-corrected chi connectivity index (χ3v) is 8.13. The lowest BCUT2D eigenvalue weighted by atomic mass is 9.94. The van der Waals surface area contributed by atoms with Crippen LogP contribution in [0.15, 0.2) is 18.2 Å². The topological polar surface area (TPSA) is 93.3 Å². The summed E-state index contributed by atoms with van der Waals surface area (Å²) in [5.41, 5.74) is 1.59. The zero-order chi connectivity index (χ0) is 24.5. The molecule has 1 atom stereocenters. The number of fused-ring (bicyclic) bond motifs is 1. The molecule has 9 nitrogen and oxygen atoms in total. The Labute approximate surface area is 206 Å². The van der Waals surface area contributed by atoms with E-state index >= 15 is 0 Å². The van der Waals surface area contributed by atoms with Crippen LogP contribution in [-0.2, 0) is 9.59 Å². The molecule has 35 heavy (non-hydrogen) atoms. The van der Waals surface area contributed by atoms with Crippen molar-refractivity contribution in [1.29, 1.82) is 0 Å². The first kappa shape index (κ1) is 23.9. The number of benzene rings is 1. The third kappa shape index (κ3) is 4.84. The van der Waals surface area contributed by atoms with E-state index in [4.69, 9.17) is 0 Å². The highest BCUT2D eigenvalue weighted by Gasteiger charge is 2.44. The first-order chi connectivity index (χ1) is 16.9. The summed E-state index contributed by atoms with van der Waals surface area (Å²) in [5.74, 6) is -1.87. The van der Waals surface area contributed by atoms with Crippen LogP contribution >= 0.6 is 0 Å². The second-order valence-corrected chi connectivity index (χ2v) is 10.3. The van der Waals surface area contributed by atoms with Crippen molar-refractivity contribution in [3.63, 3.8) is 0 Å². The van der Waals surface area contributed by atoms with Crippen LogP contribution in [0.2, 0.25) is 0 Å². The lowest BCUT2D eigenvalue weighted by Gasteiger charge is -2.38. The van der Waals surface area contributed by atoms with Crippen LogP contribution in [0.1, 0.15) is 65.7 Å². The number of rotatable bonds is 6. The largest absolute Gasteiger partial charge is 0.369 e. The number of anilines is 1. The van der Waals surface area contributed by atoms with Crippen LogP contribution in [0.4, 0.5) is 5.69 Å². The average molecular weight is 482 g/mol. The van der Waals surface area contributed by atoms with Gasteiger partial charge in [-0.05, 0) is 44.5 Å². The predicted molar refractivity (Wildman–Crippen MR) is 131 cm³/mol. The van der Waals surface area contributed by atoms with E-state index in [1.807, 2.05) is 6.07 Å². The van der Waals surface area contributed by atoms with E-state index in [9.17, 15) is 19.2 Å². The monoisotopic (exact) mass is 481 g/mol. The second kappa shape index (κ2) is 10.1. The molecule has 1 aliphatic carbocycles. The Kier molecular flexibility index (Phi) is 6.88. The van der Waals surface area contributed by atoms with Crippen LogP contribution in [-0.4, -0.2) is 96.7 Å². The van der Waals surface area contributed by atoms with Gasteiger partial charge in [0, 0.05) is 57.4 Å². The number of carbonyl (C=O) groups excluding carboxylic acids is 4. The number of hydrogen-bond donors (Lipinski definition) is 1. The van der Waals surface area contributed by atoms with Gasteiger partial charge >= 0.3 is 0 Å². The zero-order valence-electron chi connectivity index (χ0n) is 20.5. The summed E-state index contributed by atoms with van der Waals surface area (Å²) in [4.78, 5) is 58.1. The summed E-state index contributed by atoms with van der Waals surface area (Å²) < 4.78 is 0. The summed E-state index contributed by atoms with van der Waals surface area (Å²) in [6.07, 6.45) is 7.03. The molecule has 0 bridgehead atoms. The van der Waals surface area contributed by atoms with E-state index in [1.54, 1.807) is 12.1 Å². The smallest absolute Gasteiger partial charge is 0.262 e. The number of piperazine rings is 1. The molecule has 188 valence electrons. The van der Waals surface area contributed by atoms with E-state index in [0.717, 1.165) is 55.9 Å². The molecular formula is C26H35N5O4. The second-order valence-electron chi connectivity index (χ2n) is 10.3. The Morgan fingerprint density at radius 1 is 0.914 bits per heavy atom. The standard InChI is InChI=1S/C26H35N5O4/c1-28(18-5-3-2-4-6-18)11-12-29-13-15-30(16-14-29)19-7-8-20-21(17-19)26(35)31(25(20)34)22-9-10-23(32)27-24(22)33/h7-8,17-18,22H,2-6,9-16H2,1H3,(H,27,32,33). The Balaban J connectivity index is 1.18. The van der Waals surface area contributed by atoms with E-state index in [2.05, 4.69) is 27.1 Å². The fraction of sp³-hybridized carbons (Fsp3) is 0.615. The highest BCUT2D eigenvalue weighted by molar-refractivity contribution is 6.23. The molecule has 0 radical (unpaired) electrons. The van der Waals surface area contributed by atoms with Crippen molar-refractivity contribution in [2.45, 2.75) is 57.0 Å². The minimum absolute atomic E-state index is 0.121. The van der Waals surface area contributed by atoms with E-state index in [1.165, 1.54) is 32.1 Å². The van der Waals surface area contributed by atoms with Crippen LogP contribution in [0.25, 0.3) is 0 Å². The molecule has 4 amide bonds. The average Bonchev–Trinajstić information content (AvgIpc) is 3.12. The molecule has 1 unspecified atom stereocenters. The van der Waals surface area contributed by atoms with Gasteiger partial charge in [0.15, 0.2) is 0 Å². The SMILES string of the molecule is CN(CCN1CCN(c2ccc3c(c2)C(=O)N(C2CCC(=O)NC2=O)C3=O)CC1)C1CCCCC1. The lowest BCUT2D eigenvalue weighted by molar-refractivity contribution is -0.136. The fourth-order valence-corrected chi connectivity index (χ4v) is 5.89. The van der Waals surface area contributed by atoms with Gasteiger partial charge in [0.05, 0.1) is 11.1 Å². The molecule has 1 aromatic rings. The molecule has 4 aliphatic rings. The zero-order valence-corrected chi connectivity index (χ0v) is 20.5. The fourth-order valence-electron chi connectivity index (χ4n) is 5.89. The van der Waals surface area contributed by atoms with Gasteiger partial charge in [0.1, 0.15) is 6.04 Å². The summed E-state index contributed by atoms with van der Waals surface area (Å²) in [6, 6.07) is 5.18. The third-order valence-electron chi connectivity index (χ3n) is 8.13. The van der Waals surface area contributed by atoms with Crippen LogP contribution in [0.5, 0.6) is 0 Å². The van der Waals surface area contributed by atoms with Crippen molar-refractivity contribution >= 4 is 29.3 Å². The van der Waals surface area contributed by atoms with Gasteiger partial charge in [-0.15, -0.1) is 0 Å². The summed E-state index contributed by atoms with van der Waals surface area (Å²) in [5, 5.41) is 2.24. The Hall–Kier alpha value is -2.78. The number of carbonyl (C=O) groups is 4. The van der Waals surface area contributed by atoms with Gasteiger partial charge in [-0.25, -0.2) is 0 Å². The number of likely N-dealkylation sites (N-methyl/N-ethyl adjacent to an activating group) is 1. The Morgan fingerprint density at radius 3 is 2.34 bits per heavy atom. The Morgan fingerprint density at radius 2 is 1.63 bits per heavy atom. The molecule has 2 saturated heterocycles.